The minimum atomic E-state index is -0.277. The average Bonchev–Trinajstić information content (AvgIpc) is 2.35. The fourth-order valence-corrected chi connectivity index (χ4v) is 1.75. The Balaban J connectivity index is 2.46. The van der Waals surface area contributed by atoms with Crippen molar-refractivity contribution in [2.45, 2.75) is 6.42 Å². The maximum Gasteiger partial charge on any atom is 0.136 e. The Bertz CT molecular complexity index is 574. The minimum absolute atomic E-state index is 0.277. The van der Waals surface area contributed by atoms with Crippen LogP contribution in [0.25, 0.3) is 10.8 Å². The van der Waals surface area contributed by atoms with Crippen LogP contribution in [0.4, 0.5) is 10.2 Å². The summed E-state index contributed by atoms with van der Waals surface area (Å²) in [4.78, 5) is 6.12. The number of hydrogen-bond acceptors (Lipinski definition) is 3. The van der Waals surface area contributed by atoms with Crippen molar-refractivity contribution in [3.63, 3.8) is 0 Å². The molecular weight excluding hydrogens is 217 g/mol. The van der Waals surface area contributed by atoms with Crippen molar-refractivity contribution in [2.75, 3.05) is 18.5 Å². The largest absolute Gasteiger partial charge is 0.358 e. The molecule has 0 aliphatic carbocycles. The summed E-state index contributed by atoms with van der Waals surface area (Å²) in [6, 6.07) is 8.56. The number of pyridine rings is 1. The summed E-state index contributed by atoms with van der Waals surface area (Å²) >= 11 is 0. The highest BCUT2D eigenvalue weighted by molar-refractivity contribution is 5.92. The summed E-state index contributed by atoms with van der Waals surface area (Å²) < 4.78 is 13.2. The van der Waals surface area contributed by atoms with Gasteiger partial charge in [-0.2, -0.15) is 5.26 Å². The van der Waals surface area contributed by atoms with Crippen molar-refractivity contribution in [1.29, 1.82) is 5.26 Å². The lowest BCUT2D eigenvalue weighted by atomic mass is 10.1. The number of fused-ring (bicyclic) bond motifs is 1. The molecule has 0 aliphatic heterocycles. The SMILES string of the molecule is CN(CCC#N)c1nccc2ccc(F)cc12. The van der Waals surface area contributed by atoms with Gasteiger partial charge in [-0.05, 0) is 23.6 Å². The van der Waals surface area contributed by atoms with Crippen LogP contribution in [0.15, 0.2) is 30.5 Å². The highest BCUT2D eigenvalue weighted by Gasteiger charge is 2.07. The third-order valence-electron chi connectivity index (χ3n) is 2.63. The lowest BCUT2D eigenvalue weighted by Gasteiger charge is -2.18. The molecule has 0 radical (unpaired) electrons. The van der Waals surface area contributed by atoms with E-state index in [0.717, 1.165) is 10.8 Å². The van der Waals surface area contributed by atoms with Gasteiger partial charge in [0.2, 0.25) is 0 Å². The van der Waals surface area contributed by atoms with Gasteiger partial charge in [-0.15, -0.1) is 0 Å². The molecule has 2 aromatic rings. The van der Waals surface area contributed by atoms with Crippen molar-refractivity contribution >= 4 is 16.6 Å². The first kappa shape index (κ1) is 11.3. The third kappa shape index (κ3) is 2.34. The Labute approximate surface area is 99.1 Å². The molecule has 0 fully saturated rings. The predicted molar refractivity (Wildman–Crippen MR) is 65.2 cm³/mol. The number of hydrogen-bond donors (Lipinski definition) is 0. The molecule has 4 heteroatoms. The first-order valence-corrected chi connectivity index (χ1v) is 5.35. The van der Waals surface area contributed by atoms with Gasteiger partial charge in [0, 0.05) is 25.2 Å². The van der Waals surface area contributed by atoms with Crippen LogP contribution < -0.4 is 4.90 Å². The molecule has 0 saturated heterocycles. The molecule has 0 bridgehead atoms. The Morgan fingerprint density at radius 3 is 3.00 bits per heavy atom. The van der Waals surface area contributed by atoms with Crippen molar-refractivity contribution in [2.24, 2.45) is 0 Å². The van der Waals surface area contributed by atoms with Gasteiger partial charge in [-0.25, -0.2) is 9.37 Å². The molecule has 0 unspecified atom stereocenters. The number of anilines is 1. The van der Waals surface area contributed by atoms with Crippen molar-refractivity contribution in [1.82, 2.24) is 4.98 Å². The molecule has 0 spiro atoms. The topological polar surface area (TPSA) is 39.9 Å². The van der Waals surface area contributed by atoms with E-state index in [4.69, 9.17) is 5.26 Å². The van der Waals surface area contributed by atoms with Gasteiger partial charge in [-0.3, -0.25) is 0 Å². The molecule has 17 heavy (non-hydrogen) atoms. The average molecular weight is 229 g/mol. The monoisotopic (exact) mass is 229 g/mol. The van der Waals surface area contributed by atoms with E-state index in [-0.39, 0.29) is 5.82 Å². The lowest BCUT2D eigenvalue weighted by Crippen LogP contribution is -2.19. The summed E-state index contributed by atoms with van der Waals surface area (Å²) in [6.07, 6.45) is 2.11. The fraction of sp³-hybridized carbons (Fsp3) is 0.231. The number of rotatable bonds is 3. The zero-order chi connectivity index (χ0) is 12.3. The molecule has 1 aromatic heterocycles. The first-order chi connectivity index (χ1) is 8.22. The van der Waals surface area contributed by atoms with Crippen LogP contribution in [0.1, 0.15) is 6.42 Å². The Morgan fingerprint density at radius 1 is 1.41 bits per heavy atom. The second kappa shape index (κ2) is 4.79. The van der Waals surface area contributed by atoms with E-state index in [9.17, 15) is 4.39 Å². The van der Waals surface area contributed by atoms with Crippen molar-refractivity contribution in [3.8, 4) is 6.07 Å². The Kier molecular flexibility index (Phi) is 3.20. The predicted octanol–water partition coefficient (Wildman–Crippen LogP) is 2.72. The fourth-order valence-electron chi connectivity index (χ4n) is 1.75. The normalized spacial score (nSPS) is 10.2. The summed E-state index contributed by atoms with van der Waals surface area (Å²) in [5, 5.41) is 10.3. The van der Waals surface area contributed by atoms with Gasteiger partial charge in [0.15, 0.2) is 0 Å². The van der Waals surface area contributed by atoms with E-state index < -0.39 is 0 Å². The van der Waals surface area contributed by atoms with E-state index in [1.165, 1.54) is 12.1 Å². The van der Waals surface area contributed by atoms with Gasteiger partial charge in [-0.1, -0.05) is 6.07 Å². The first-order valence-electron chi connectivity index (χ1n) is 5.35. The van der Waals surface area contributed by atoms with Crippen LogP contribution in [0.2, 0.25) is 0 Å². The quantitative estimate of drug-likeness (QED) is 0.812. The smallest absolute Gasteiger partial charge is 0.136 e. The molecule has 0 amide bonds. The van der Waals surface area contributed by atoms with E-state index in [1.807, 2.05) is 18.0 Å². The lowest BCUT2D eigenvalue weighted by molar-refractivity contribution is 0.629. The third-order valence-corrected chi connectivity index (χ3v) is 2.63. The van der Waals surface area contributed by atoms with E-state index in [1.54, 1.807) is 12.3 Å². The highest BCUT2D eigenvalue weighted by atomic mass is 19.1. The number of benzene rings is 1. The molecule has 86 valence electrons. The van der Waals surface area contributed by atoms with Gasteiger partial charge in [0.1, 0.15) is 11.6 Å². The van der Waals surface area contributed by atoms with Crippen LogP contribution >= 0.6 is 0 Å². The Hall–Kier alpha value is -2.15. The van der Waals surface area contributed by atoms with E-state index in [0.29, 0.717) is 18.8 Å². The Morgan fingerprint density at radius 2 is 2.24 bits per heavy atom. The summed E-state index contributed by atoms with van der Waals surface area (Å²) in [7, 11) is 1.85. The number of nitrogens with zero attached hydrogens (tertiary/aromatic N) is 3. The molecule has 2 rings (SSSR count). The van der Waals surface area contributed by atoms with Crippen molar-refractivity contribution < 1.29 is 4.39 Å². The molecule has 0 N–H and O–H groups in total. The van der Waals surface area contributed by atoms with E-state index in [2.05, 4.69) is 11.1 Å². The minimum Gasteiger partial charge on any atom is -0.358 e. The zero-order valence-electron chi connectivity index (χ0n) is 9.52. The standard InChI is InChI=1S/C13H12FN3/c1-17(8-2-6-15)13-12-9-11(14)4-3-10(12)5-7-16-13/h3-5,7,9H,2,8H2,1H3. The summed E-state index contributed by atoms with van der Waals surface area (Å²) in [5.41, 5.74) is 0. The molecular formula is C13H12FN3. The molecule has 3 nitrogen and oxygen atoms in total. The molecule has 1 heterocycles. The van der Waals surface area contributed by atoms with Gasteiger partial charge < -0.3 is 4.90 Å². The molecule has 1 aromatic carbocycles. The molecule has 0 atom stereocenters. The summed E-state index contributed by atoms with van der Waals surface area (Å²) in [6.45, 7) is 0.582. The zero-order valence-corrected chi connectivity index (χ0v) is 9.52. The molecule has 0 saturated carbocycles. The van der Waals surface area contributed by atoms with Crippen LogP contribution in [0.3, 0.4) is 0 Å². The van der Waals surface area contributed by atoms with Gasteiger partial charge in [0.05, 0.1) is 12.5 Å². The van der Waals surface area contributed by atoms with Gasteiger partial charge in [0.25, 0.3) is 0 Å². The van der Waals surface area contributed by atoms with Crippen LogP contribution in [-0.4, -0.2) is 18.6 Å². The van der Waals surface area contributed by atoms with Crippen LogP contribution in [-0.2, 0) is 0 Å². The second-order valence-corrected chi connectivity index (χ2v) is 3.83. The van der Waals surface area contributed by atoms with Crippen molar-refractivity contribution in [3.05, 3.63) is 36.3 Å². The number of halogens is 1. The molecule has 0 aliphatic rings. The summed E-state index contributed by atoms with van der Waals surface area (Å²) in [5.74, 6) is 0.428. The number of nitriles is 1. The van der Waals surface area contributed by atoms with E-state index >= 15 is 0 Å². The highest BCUT2D eigenvalue weighted by Crippen LogP contribution is 2.24. The maximum absolute atomic E-state index is 13.2. The number of aromatic nitrogens is 1. The maximum atomic E-state index is 13.2. The van der Waals surface area contributed by atoms with Gasteiger partial charge >= 0.3 is 0 Å². The van der Waals surface area contributed by atoms with Crippen LogP contribution in [0, 0.1) is 17.1 Å². The van der Waals surface area contributed by atoms with Crippen LogP contribution in [0.5, 0.6) is 0 Å². The second-order valence-electron chi connectivity index (χ2n) is 3.83.